The Bertz CT molecular complexity index is 1110. The van der Waals surface area contributed by atoms with Crippen LogP contribution in [0, 0.1) is 5.82 Å². The number of ether oxygens (including phenoxy) is 1. The Morgan fingerprint density at radius 3 is 2.72 bits per heavy atom. The lowest BCUT2D eigenvalue weighted by atomic mass is 10.1. The number of aromatic nitrogens is 1. The molecule has 9 heteroatoms. The molecule has 3 rings (SSSR count). The molecule has 0 saturated carbocycles. The van der Waals surface area contributed by atoms with Crippen molar-refractivity contribution in [1.82, 2.24) is 9.88 Å². The molecule has 0 unspecified atom stereocenters. The fourth-order valence-corrected chi connectivity index (χ4v) is 3.39. The molecule has 1 aromatic heterocycles. The van der Waals surface area contributed by atoms with Crippen molar-refractivity contribution in [3.63, 3.8) is 0 Å². The Morgan fingerprint density at radius 1 is 1.22 bits per heavy atom. The van der Waals surface area contributed by atoms with Crippen LogP contribution in [0.4, 0.5) is 15.0 Å². The molecule has 0 spiro atoms. The number of carbonyl (C=O) groups excluding carboxylic acids is 2. The van der Waals surface area contributed by atoms with E-state index in [-0.39, 0.29) is 36.9 Å². The van der Waals surface area contributed by atoms with Gasteiger partial charge in [0.05, 0.1) is 11.1 Å². The summed E-state index contributed by atoms with van der Waals surface area (Å²) in [4.78, 5) is 30.3. The number of likely N-dealkylation sites (N-methyl/N-ethyl adjacent to an activating group) is 1. The van der Waals surface area contributed by atoms with Crippen LogP contribution in [0.5, 0.6) is 0 Å². The van der Waals surface area contributed by atoms with Crippen molar-refractivity contribution in [3.05, 3.63) is 71.1 Å². The van der Waals surface area contributed by atoms with Crippen molar-refractivity contribution >= 4 is 40.2 Å². The highest BCUT2D eigenvalue weighted by molar-refractivity contribution is 6.31. The van der Waals surface area contributed by atoms with Gasteiger partial charge in [-0.3, -0.25) is 10.1 Å². The standard InChI is InChI=1S/C23H24ClFN4O3/c1-29(21(30)10-9-15-7-4-8-19(25)22(15)24)18(12-26)14-32-23(31)28-20-11-16-5-2-3-6-17(16)13-27-20/h2-8,11,13,18H,9-10,12,14,26H2,1H3,(H,27,28,31)/t18-/m0/s1. The van der Waals surface area contributed by atoms with Gasteiger partial charge in [0.15, 0.2) is 0 Å². The Kier molecular flexibility index (Phi) is 7.97. The SMILES string of the molecule is CN(C(=O)CCc1cccc(F)c1Cl)[C@@H](CN)COC(=O)Nc1cc2ccccc2cn1. The molecule has 168 valence electrons. The van der Waals surface area contributed by atoms with Crippen LogP contribution < -0.4 is 11.1 Å². The van der Waals surface area contributed by atoms with Crippen molar-refractivity contribution in [3.8, 4) is 0 Å². The molecular formula is C23H24ClFN4O3. The maximum Gasteiger partial charge on any atom is 0.412 e. The monoisotopic (exact) mass is 458 g/mol. The number of rotatable bonds is 8. The van der Waals surface area contributed by atoms with Crippen LogP contribution in [0.25, 0.3) is 10.8 Å². The third-order valence-electron chi connectivity index (χ3n) is 5.12. The van der Waals surface area contributed by atoms with Gasteiger partial charge in [0.25, 0.3) is 0 Å². The summed E-state index contributed by atoms with van der Waals surface area (Å²) in [5, 5.41) is 4.47. The summed E-state index contributed by atoms with van der Waals surface area (Å²) in [6, 6.07) is 13.3. The van der Waals surface area contributed by atoms with Crippen LogP contribution in [0.3, 0.4) is 0 Å². The van der Waals surface area contributed by atoms with Crippen molar-refractivity contribution in [2.24, 2.45) is 5.73 Å². The van der Waals surface area contributed by atoms with Crippen LogP contribution in [0.2, 0.25) is 5.02 Å². The van der Waals surface area contributed by atoms with E-state index in [1.54, 1.807) is 31.4 Å². The highest BCUT2D eigenvalue weighted by Gasteiger charge is 2.21. The lowest BCUT2D eigenvalue weighted by Gasteiger charge is -2.27. The predicted octanol–water partition coefficient (Wildman–Crippen LogP) is 3.99. The minimum Gasteiger partial charge on any atom is -0.447 e. The maximum atomic E-state index is 13.6. The summed E-state index contributed by atoms with van der Waals surface area (Å²) in [5.41, 5.74) is 6.33. The zero-order chi connectivity index (χ0) is 23.1. The molecule has 0 radical (unpaired) electrons. The summed E-state index contributed by atoms with van der Waals surface area (Å²) < 4.78 is 18.8. The molecule has 0 fully saturated rings. The molecular weight excluding hydrogens is 435 g/mol. The minimum absolute atomic E-state index is 0.0145. The molecule has 2 aromatic carbocycles. The Morgan fingerprint density at radius 2 is 1.97 bits per heavy atom. The second kappa shape index (κ2) is 10.9. The smallest absolute Gasteiger partial charge is 0.412 e. The average molecular weight is 459 g/mol. The van der Waals surface area contributed by atoms with Gasteiger partial charge >= 0.3 is 6.09 Å². The van der Waals surface area contributed by atoms with Gasteiger partial charge in [-0.15, -0.1) is 0 Å². The molecule has 3 aromatic rings. The van der Waals surface area contributed by atoms with Crippen LogP contribution in [-0.2, 0) is 16.0 Å². The number of anilines is 1. The molecule has 1 atom stereocenters. The minimum atomic E-state index is -0.696. The van der Waals surface area contributed by atoms with E-state index in [4.69, 9.17) is 22.1 Å². The summed E-state index contributed by atoms with van der Waals surface area (Å²) in [6.45, 7) is 0.0172. The van der Waals surface area contributed by atoms with Crippen molar-refractivity contribution in [2.75, 3.05) is 25.5 Å². The third-order valence-corrected chi connectivity index (χ3v) is 5.54. The molecule has 0 saturated heterocycles. The number of hydrogen-bond donors (Lipinski definition) is 2. The number of amides is 2. The van der Waals surface area contributed by atoms with Crippen molar-refractivity contribution in [1.29, 1.82) is 0 Å². The second-order valence-corrected chi connectivity index (χ2v) is 7.63. The first-order valence-corrected chi connectivity index (χ1v) is 10.4. The van der Waals surface area contributed by atoms with Crippen LogP contribution in [-0.4, -0.2) is 48.1 Å². The number of nitrogens with zero attached hydrogens (tertiary/aromatic N) is 2. The molecule has 32 heavy (non-hydrogen) atoms. The lowest BCUT2D eigenvalue weighted by Crippen LogP contribution is -2.45. The average Bonchev–Trinajstić information content (AvgIpc) is 2.80. The normalized spacial score (nSPS) is 11.8. The number of fused-ring (bicyclic) bond motifs is 1. The van der Waals surface area contributed by atoms with E-state index in [1.807, 2.05) is 24.3 Å². The first-order chi connectivity index (χ1) is 15.4. The summed E-state index contributed by atoms with van der Waals surface area (Å²) >= 11 is 5.94. The van der Waals surface area contributed by atoms with Gasteiger partial charge in [-0.2, -0.15) is 0 Å². The van der Waals surface area contributed by atoms with E-state index in [0.717, 1.165) is 10.8 Å². The maximum absolute atomic E-state index is 13.6. The first kappa shape index (κ1) is 23.4. The van der Waals surface area contributed by atoms with Gasteiger partial charge in [-0.05, 0) is 29.5 Å². The van der Waals surface area contributed by atoms with Gasteiger partial charge in [0.2, 0.25) is 5.91 Å². The Labute approximate surface area is 190 Å². The largest absolute Gasteiger partial charge is 0.447 e. The molecule has 0 aliphatic rings. The van der Waals surface area contributed by atoms with Crippen molar-refractivity contribution in [2.45, 2.75) is 18.9 Å². The van der Waals surface area contributed by atoms with E-state index in [1.165, 1.54) is 11.0 Å². The fraction of sp³-hybridized carbons (Fsp3) is 0.261. The quantitative estimate of drug-likeness (QED) is 0.531. The highest BCUT2D eigenvalue weighted by Crippen LogP contribution is 2.21. The Balaban J connectivity index is 1.51. The number of hydrogen-bond acceptors (Lipinski definition) is 5. The van der Waals surface area contributed by atoms with Gasteiger partial charge in [-0.25, -0.2) is 14.2 Å². The molecule has 0 aliphatic heterocycles. The zero-order valence-electron chi connectivity index (χ0n) is 17.6. The topological polar surface area (TPSA) is 97.5 Å². The number of carbonyl (C=O) groups is 2. The number of halogens is 2. The van der Waals surface area contributed by atoms with E-state index >= 15 is 0 Å². The van der Waals surface area contributed by atoms with E-state index in [0.29, 0.717) is 11.4 Å². The van der Waals surface area contributed by atoms with Crippen molar-refractivity contribution < 1.29 is 18.7 Å². The fourth-order valence-electron chi connectivity index (χ4n) is 3.17. The first-order valence-electron chi connectivity index (χ1n) is 10.1. The van der Waals surface area contributed by atoms with Gasteiger partial charge in [0, 0.05) is 31.6 Å². The van der Waals surface area contributed by atoms with Gasteiger partial charge in [0.1, 0.15) is 18.2 Å². The summed E-state index contributed by atoms with van der Waals surface area (Å²) in [6.07, 6.45) is 1.36. The predicted molar refractivity (Wildman–Crippen MR) is 122 cm³/mol. The third kappa shape index (κ3) is 5.93. The van der Waals surface area contributed by atoms with E-state index in [9.17, 15) is 14.0 Å². The molecule has 0 bridgehead atoms. The van der Waals surface area contributed by atoms with Crippen LogP contribution >= 0.6 is 11.6 Å². The molecule has 0 aliphatic carbocycles. The molecule has 2 amide bonds. The lowest BCUT2D eigenvalue weighted by molar-refractivity contribution is -0.132. The van der Waals surface area contributed by atoms with Gasteiger partial charge in [-0.1, -0.05) is 48.0 Å². The number of nitrogens with one attached hydrogen (secondary N) is 1. The van der Waals surface area contributed by atoms with E-state index in [2.05, 4.69) is 10.3 Å². The Hall–Kier alpha value is -3.23. The molecule has 1 heterocycles. The molecule has 3 N–H and O–H groups in total. The number of nitrogens with two attached hydrogens (primary N) is 1. The number of pyridine rings is 1. The van der Waals surface area contributed by atoms with Crippen LogP contribution in [0.15, 0.2) is 54.7 Å². The summed E-state index contributed by atoms with van der Waals surface area (Å²) in [7, 11) is 1.58. The summed E-state index contributed by atoms with van der Waals surface area (Å²) in [5.74, 6) is -0.388. The number of benzene rings is 2. The van der Waals surface area contributed by atoms with E-state index < -0.39 is 18.0 Å². The number of aryl methyl sites for hydroxylation is 1. The molecule has 7 nitrogen and oxygen atoms in total. The zero-order valence-corrected chi connectivity index (χ0v) is 18.3. The van der Waals surface area contributed by atoms with Gasteiger partial charge < -0.3 is 15.4 Å². The second-order valence-electron chi connectivity index (χ2n) is 7.25. The highest BCUT2D eigenvalue weighted by atomic mass is 35.5. The van der Waals surface area contributed by atoms with Crippen LogP contribution in [0.1, 0.15) is 12.0 Å².